The summed E-state index contributed by atoms with van der Waals surface area (Å²) in [6, 6.07) is 7.64. The minimum Gasteiger partial charge on any atom is -0.467 e. The molecule has 1 saturated heterocycles. The highest BCUT2D eigenvalue weighted by Gasteiger charge is 2.28. The van der Waals surface area contributed by atoms with Crippen molar-refractivity contribution < 1.29 is 23.8 Å². The van der Waals surface area contributed by atoms with Gasteiger partial charge in [0, 0.05) is 48.6 Å². The van der Waals surface area contributed by atoms with E-state index in [1.54, 1.807) is 4.90 Å². The number of benzene rings is 1. The van der Waals surface area contributed by atoms with Gasteiger partial charge in [0.05, 0.1) is 11.6 Å². The van der Waals surface area contributed by atoms with Crippen LogP contribution in [0.15, 0.2) is 35.8 Å². The van der Waals surface area contributed by atoms with Crippen LogP contribution in [0.4, 0.5) is 15.3 Å². The highest BCUT2D eigenvalue weighted by molar-refractivity contribution is 7.11. The first kappa shape index (κ1) is 24.8. The third-order valence-corrected chi connectivity index (χ3v) is 6.08. The Kier molecular flexibility index (Phi) is 7.20. The number of nitrogens with zero attached hydrogens (tertiary/aromatic N) is 3. The number of piperidine rings is 1. The predicted molar refractivity (Wildman–Crippen MR) is 136 cm³/mol. The molecule has 0 saturated carbocycles. The van der Waals surface area contributed by atoms with Crippen LogP contribution in [0.25, 0.3) is 16.7 Å². The van der Waals surface area contributed by atoms with Crippen LogP contribution >= 0.6 is 11.3 Å². The quantitative estimate of drug-likeness (QED) is 0.474. The van der Waals surface area contributed by atoms with Crippen LogP contribution in [0.5, 0.6) is 5.19 Å². The van der Waals surface area contributed by atoms with Crippen molar-refractivity contribution in [2.75, 3.05) is 18.4 Å². The van der Waals surface area contributed by atoms with Gasteiger partial charge in [0.25, 0.3) is 5.19 Å². The number of hydrogen-bond donors (Lipinski definition) is 1. The normalized spacial score (nSPS) is 14.9. The Hall–Kier alpha value is -3.27. The van der Waals surface area contributed by atoms with Crippen LogP contribution in [0.3, 0.4) is 0 Å². The maximum Gasteiger partial charge on any atom is 0.411 e. The maximum absolute atomic E-state index is 12.3. The summed E-state index contributed by atoms with van der Waals surface area (Å²) in [6.45, 7) is 10.4. The number of thiazole rings is 1. The first-order valence-electron chi connectivity index (χ1n) is 11.8. The van der Waals surface area contributed by atoms with Crippen LogP contribution in [0, 0.1) is 0 Å². The fourth-order valence-corrected chi connectivity index (χ4v) is 4.53. The molecule has 2 aromatic heterocycles. The van der Waals surface area contributed by atoms with E-state index in [2.05, 4.69) is 10.3 Å². The van der Waals surface area contributed by atoms with E-state index >= 15 is 0 Å². The van der Waals surface area contributed by atoms with Crippen molar-refractivity contribution in [3.8, 4) is 11.0 Å². The molecule has 0 bridgehead atoms. The first-order valence-corrected chi connectivity index (χ1v) is 12.6. The van der Waals surface area contributed by atoms with E-state index in [-0.39, 0.29) is 18.3 Å². The molecule has 1 aliphatic heterocycles. The molecule has 2 amide bonds. The number of anilines is 1. The number of carbonyl (C=O) groups is 2. The standard InChI is InChI=1S/C25H32N4O5S/c1-16(2)32-22(30)26-18-6-7-20-17(14-18)8-13-29(20)21-15-35-23(27-21)33-19-9-11-28(12-10-19)24(31)34-25(3,4)5/h6-8,13-16,19H,9-12H2,1-5H3,(H,26,30). The van der Waals surface area contributed by atoms with E-state index in [0.717, 1.165) is 29.6 Å². The highest BCUT2D eigenvalue weighted by atomic mass is 32.1. The lowest BCUT2D eigenvalue weighted by Crippen LogP contribution is -2.44. The number of hydrogen-bond acceptors (Lipinski definition) is 7. The molecule has 0 spiro atoms. The Bertz CT molecular complexity index is 1190. The Labute approximate surface area is 209 Å². The van der Waals surface area contributed by atoms with Gasteiger partial charge >= 0.3 is 12.2 Å². The van der Waals surface area contributed by atoms with E-state index in [9.17, 15) is 9.59 Å². The molecule has 1 aromatic carbocycles. The third-order valence-electron chi connectivity index (χ3n) is 5.36. The third kappa shape index (κ3) is 6.45. The number of aromatic nitrogens is 2. The van der Waals surface area contributed by atoms with E-state index in [0.29, 0.717) is 24.0 Å². The second kappa shape index (κ2) is 10.2. The average molecular weight is 501 g/mol. The monoisotopic (exact) mass is 500 g/mol. The number of fused-ring (bicyclic) bond motifs is 1. The number of ether oxygens (including phenoxy) is 3. The van der Waals surface area contributed by atoms with Gasteiger partial charge in [-0.05, 0) is 58.9 Å². The minimum atomic E-state index is -0.498. The molecule has 0 unspecified atom stereocenters. The van der Waals surface area contributed by atoms with Crippen molar-refractivity contribution in [2.24, 2.45) is 0 Å². The summed E-state index contributed by atoms with van der Waals surface area (Å²) < 4.78 is 18.7. The van der Waals surface area contributed by atoms with Gasteiger partial charge in [-0.3, -0.25) is 5.32 Å². The lowest BCUT2D eigenvalue weighted by Gasteiger charge is -2.33. The fraction of sp³-hybridized carbons (Fsp3) is 0.480. The van der Waals surface area contributed by atoms with Crippen LogP contribution < -0.4 is 10.1 Å². The molecule has 3 aromatic rings. The van der Waals surface area contributed by atoms with E-state index in [1.165, 1.54) is 11.3 Å². The summed E-state index contributed by atoms with van der Waals surface area (Å²) in [4.78, 5) is 30.5. The second-order valence-corrected chi connectivity index (χ2v) is 10.6. The lowest BCUT2D eigenvalue weighted by atomic mass is 10.1. The van der Waals surface area contributed by atoms with Crippen molar-refractivity contribution >= 4 is 40.1 Å². The summed E-state index contributed by atoms with van der Waals surface area (Å²) in [5, 5.41) is 6.28. The van der Waals surface area contributed by atoms with Crippen LogP contribution in [0.2, 0.25) is 0 Å². The van der Waals surface area contributed by atoms with Crippen molar-refractivity contribution in [3.05, 3.63) is 35.8 Å². The summed E-state index contributed by atoms with van der Waals surface area (Å²) in [5.41, 5.74) is 1.14. The molecule has 0 aliphatic carbocycles. The topological polar surface area (TPSA) is 94.9 Å². The Morgan fingerprint density at radius 1 is 1.17 bits per heavy atom. The largest absolute Gasteiger partial charge is 0.467 e. The number of carbonyl (C=O) groups excluding carboxylic acids is 2. The number of amides is 2. The lowest BCUT2D eigenvalue weighted by molar-refractivity contribution is 0.0126. The van der Waals surface area contributed by atoms with Crippen LogP contribution in [0.1, 0.15) is 47.5 Å². The molecule has 188 valence electrons. The first-order chi connectivity index (χ1) is 16.6. The Morgan fingerprint density at radius 2 is 1.91 bits per heavy atom. The molecular formula is C25H32N4O5S. The molecular weight excluding hydrogens is 468 g/mol. The Balaban J connectivity index is 1.36. The van der Waals surface area contributed by atoms with Gasteiger partial charge in [-0.15, -0.1) is 0 Å². The maximum atomic E-state index is 12.3. The molecule has 1 N–H and O–H groups in total. The molecule has 1 aliphatic rings. The highest BCUT2D eigenvalue weighted by Crippen LogP contribution is 2.29. The minimum absolute atomic E-state index is 0.00770. The SMILES string of the molecule is CC(C)OC(=O)Nc1ccc2c(ccn2-c2csc(OC3CCN(C(=O)OC(C)(C)C)CC3)n2)c1. The van der Waals surface area contributed by atoms with Crippen LogP contribution in [-0.2, 0) is 9.47 Å². The molecule has 0 radical (unpaired) electrons. The molecule has 3 heterocycles. The van der Waals surface area contributed by atoms with Gasteiger partial charge in [-0.25, -0.2) is 9.59 Å². The summed E-state index contributed by atoms with van der Waals surface area (Å²) in [6.07, 6.45) is 2.48. The molecule has 1 fully saturated rings. The van der Waals surface area contributed by atoms with Gasteiger partial charge in [0.15, 0.2) is 5.82 Å². The number of nitrogens with one attached hydrogen (secondary N) is 1. The molecule has 35 heavy (non-hydrogen) atoms. The molecule has 10 heteroatoms. The zero-order chi connectivity index (χ0) is 25.2. The van der Waals surface area contributed by atoms with Gasteiger partial charge in [-0.2, -0.15) is 4.98 Å². The van der Waals surface area contributed by atoms with E-state index < -0.39 is 11.7 Å². The summed E-state index contributed by atoms with van der Waals surface area (Å²) in [7, 11) is 0. The smallest absolute Gasteiger partial charge is 0.411 e. The molecule has 0 atom stereocenters. The van der Waals surface area contributed by atoms with Crippen molar-refractivity contribution in [3.63, 3.8) is 0 Å². The summed E-state index contributed by atoms with van der Waals surface area (Å²) in [5.74, 6) is 0.770. The zero-order valence-electron chi connectivity index (χ0n) is 20.7. The van der Waals surface area contributed by atoms with E-state index in [4.69, 9.17) is 14.2 Å². The fourth-order valence-electron chi connectivity index (χ4n) is 3.82. The van der Waals surface area contributed by atoms with Gasteiger partial charge in [0.1, 0.15) is 11.7 Å². The van der Waals surface area contributed by atoms with Gasteiger partial charge in [-0.1, -0.05) is 11.3 Å². The summed E-state index contributed by atoms with van der Waals surface area (Å²) >= 11 is 1.45. The number of likely N-dealkylation sites (tertiary alicyclic amines) is 1. The molecule has 9 nitrogen and oxygen atoms in total. The van der Waals surface area contributed by atoms with Crippen molar-refractivity contribution in [2.45, 2.75) is 65.3 Å². The van der Waals surface area contributed by atoms with Gasteiger partial charge < -0.3 is 23.7 Å². The van der Waals surface area contributed by atoms with Crippen molar-refractivity contribution in [1.29, 1.82) is 0 Å². The predicted octanol–water partition coefficient (Wildman–Crippen LogP) is 5.82. The van der Waals surface area contributed by atoms with Gasteiger partial charge in [0.2, 0.25) is 0 Å². The van der Waals surface area contributed by atoms with E-state index in [1.807, 2.05) is 75.0 Å². The zero-order valence-corrected chi connectivity index (χ0v) is 21.6. The van der Waals surface area contributed by atoms with Crippen LogP contribution in [-0.4, -0.2) is 57.5 Å². The Morgan fingerprint density at radius 3 is 2.60 bits per heavy atom. The second-order valence-electron chi connectivity index (χ2n) is 9.79. The van der Waals surface area contributed by atoms with Crippen molar-refractivity contribution in [1.82, 2.24) is 14.5 Å². The number of rotatable bonds is 5. The average Bonchev–Trinajstić information content (AvgIpc) is 3.38. The molecule has 4 rings (SSSR count).